The molecule has 0 aliphatic heterocycles. The van der Waals surface area contributed by atoms with E-state index in [4.69, 9.17) is 4.74 Å². The van der Waals surface area contributed by atoms with Crippen LogP contribution in [0, 0.1) is 0 Å². The Labute approximate surface area is 143 Å². The van der Waals surface area contributed by atoms with Gasteiger partial charge < -0.3 is 14.6 Å². The van der Waals surface area contributed by atoms with Crippen LogP contribution in [0.25, 0.3) is 10.9 Å². The molecule has 2 aromatic carbocycles. The Bertz CT molecular complexity index is 863. The van der Waals surface area contributed by atoms with Crippen molar-refractivity contribution < 1.29 is 4.74 Å². The van der Waals surface area contributed by atoms with Crippen molar-refractivity contribution in [3.63, 3.8) is 0 Å². The monoisotopic (exact) mass is 320 g/mol. The molecule has 3 aromatic rings. The summed E-state index contributed by atoms with van der Waals surface area (Å²) in [6, 6.07) is 12.8. The fourth-order valence-electron chi connectivity index (χ4n) is 3.58. The number of aromatic nitrogens is 1. The summed E-state index contributed by atoms with van der Waals surface area (Å²) in [7, 11) is 4.22. The molecule has 0 bridgehead atoms. The number of hydrogen-bond acceptors (Lipinski definition) is 2. The first kappa shape index (κ1) is 15.3. The van der Waals surface area contributed by atoms with E-state index in [1.54, 1.807) is 0 Å². The minimum Gasteiger partial charge on any atom is -0.457 e. The summed E-state index contributed by atoms with van der Waals surface area (Å²) in [4.78, 5) is 5.59. The highest BCUT2D eigenvalue weighted by Gasteiger charge is 2.14. The van der Waals surface area contributed by atoms with Gasteiger partial charge in [-0.3, -0.25) is 0 Å². The molecule has 1 aromatic heterocycles. The zero-order valence-corrected chi connectivity index (χ0v) is 14.4. The number of rotatable bonds is 5. The zero-order valence-electron chi connectivity index (χ0n) is 14.4. The van der Waals surface area contributed by atoms with Gasteiger partial charge in [0.15, 0.2) is 0 Å². The molecule has 1 aliphatic rings. The molecule has 0 saturated carbocycles. The van der Waals surface area contributed by atoms with Gasteiger partial charge in [-0.2, -0.15) is 0 Å². The third-order valence-corrected chi connectivity index (χ3v) is 4.88. The quantitative estimate of drug-likeness (QED) is 0.747. The molecule has 1 heterocycles. The van der Waals surface area contributed by atoms with E-state index < -0.39 is 0 Å². The maximum Gasteiger partial charge on any atom is 0.137 e. The number of nitrogens with one attached hydrogen (secondary N) is 1. The molecule has 0 atom stereocenters. The number of nitrogens with zero attached hydrogens (tertiary/aromatic N) is 1. The van der Waals surface area contributed by atoms with E-state index in [1.165, 1.54) is 41.3 Å². The van der Waals surface area contributed by atoms with Gasteiger partial charge >= 0.3 is 0 Å². The first-order valence-corrected chi connectivity index (χ1v) is 8.74. The van der Waals surface area contributed by atoms with E-state index in [0.717, 1.165) is 30.0 Å². The Morgan fingerprint density at radius 2 is 1.96 bits per heavy atom. The number of fused-ring (bicyclic) bond motifs is 2. The van der Waals surface area contributed by atoms with Crippen molar-refractivity contribution in [2.45, 2.75) is 25.7 Å². The van der Waals surface area contributed by atoms with Gasteiger partial charge in [0, 0.05) is 23.6 Å². The predicted molar refractivity (Wildman–Crippen MR) is 99.1 cm³/mol. The van der Waals surface area contributed by atoms with Gasteiger partial charge in [-0.1, -0.05) is 12.1 Å². The van der Waals surface area contributed by atoms with E-state index in [2.05, 4.69) is 66.6 Å². The van der Waals surface area contributed by atoms with Crippen LogP contribution in [-0.4, -0.2) is 30.5 Å². The van der Waals surface area contributed by atoms with Crippen molar-refractivity contribution in [1.29, 1.82) is 0 Å². The molecule has 0 amide bonds. The predicted octanol–water partition coefficient (Wildman–Crippen LogP) is 4.55. The number of aryl methyl sites for hydroxylation is 2. The maximum atomic E-state index is 6.29. The van der Waals surface area contributed by atoms with Crippen LogP contribution < -0.4 is 4.74 Å². The van der Waals surface area contributed by atoms with E-state index >= 15 is 0 Å². The van der Waals surface area contributed by atoms with Gasteiger partial charge in [-0.25, -0.2) is 0 Å². The highest BCUT2D eigenvalue weighted by atomic mass is 16.5. The molecular formula is C21H24N2O. The Hall–Kier alpha value is -2.26. The molecule has 3 nitrogen and oxygen atoms in total. The zero-order chi connectivity index (χ0) is 16.5. The minimum atomic E-state index is 0.945. The van der Waals surface area contributed by atoms with Crippen LogP contribution in [0.1, 0.15) is 23.1 Å². The lowest BCUT2D eigenvalue weighted by atomic mass is 10.1. The summed E-state index contributed by atoms with van der Waals surface area (Å²) in [5.41, 5.74) is 5.38. The Morgan fingerprint density at radius 1 is 1.08 bits per heavy atom. The lowest BCUT2D eigenvalue weighted by molar-refractivity contribution is 0.414. The summed E-state index contributed by atoms with van der Waals surface area (Å²) in [5.74, 6) is 1.89. The van der Waals surface area contributed by atoms with Crippen molar-refractivity contribution in [3.8, 4) is 11.5 Å². The van der Waals surface area contributed by atoms with Crippen LogP contribution in [0.5, 0.6) is 11.5 Å². The molecule has 0 unspecified atom stereocenters. The summed E-state index contributed by atoms with van der Waals surface area (Å²) in [5, 5.41) is 1.21. The molecule has 1 N–H and O–H groups in total. The molecule has 0 spiro atoms. The summed E-state index contributed by atoms with van der Waals surface area (Å²) >= 11 is 0. The summed E-state index contributed by atoms with van der Waals surface area (Å²) in [6.07, 6.45) is 6.77. The Balaban J connectivity index is 1.67. The van der Waals surface area contributed by atoms with Gasteiger partial charge in [0.2, 0.25) is 0 Å². The van der Waals surface area contributed by atoms with Crippen LogP contribution in [-0.2, 0) is 19.3 Å². The minimum absolute atomic E-state index is 0.945. The topological polar surface area (TPSA) is 28.3 Å². The van der Waals surface area contributed by atoms with Gasteiger partial charge in [0.25, 0.3) is 0 Å². The molecule has 3 heteroatoms. The van der Waals surface area contributed by atoms with Crippen LogP contribution in [0.3, 0.4) is 0 Å². The summed E-state index contributed by atoms with van der Waals surface area (Å²) in [6.45, 7) is 1.03. The second kappa shape index (κ2) is 6.33. The van der Waals surface area contributed by atoms with Crippen LogP contribution in [0.4, 0.5) is 0 Å². The van der Waals surface area contributed by atoms with Gasteiger partial charge in [-0.05, 0) is 80.7 Å². The van der Waals surface area contributed by atoms with Crippen LogP contribution >= 0.6 is 0 Å². The highest BCUT2D eigenvalue weighted by molar-refractivity contribution is 5.89. The molecule has 0 saturated heterocycles. The number of H-pyrrole nitrogens is 1. The summed E-state index contributed by atoms with van der Waals surface area (Å²) < 4.78 is 6.29. The van der Waals surface area contributed by atoms with Gasteiger partial charge in [-0.15, -0.1) is 0 Å². The van der Waals surface area contributed by atoms with Crippen molar-refractivity contribution in [1.82, 2.24) is 9.88 Å². The molecular weight excluding hydrogens is 296 g/mol. The average molecular weight is 320 g/mol. The number of benzene rings is 2. The number of likely N-dealkylation sites (N-methyl/N-ethyl adjacent to an activating group) is 1. The lowest BCUT2D eigenvalue weighted by Gasteiger charge is -2.12. The standard InChI is InChI=1S/C21H24N2O/c1-23(2)12-11-17-14-22-19-7-4-8-20(21(17)19)24-18-10-9-15-5-3-6-16(15)13-18/h4,7-10,13-14,22H,3,5-6,11-12H2,1-2H3. The van der Waals surface area contributed by atoms with Crippen molar-refractivity contribution in [2.24, 2.45) is 0 Å². The largest absolute Gasteiger partial charge is 0.457 e. The Kier molecular flexibility index (Phi) is 4.03. The first-order chi connectivity index (χ1) is 11.7. The van der Waals surface area contributed by atoms with E-state index in [9.17, 15) is 0 Å². The average Bonchev–Trinajstić information content (AvgIpc) is 3.19. The second-order valence-electron chi connectivity index (χ2n) is 6.93. The normalized spacial score (nSPS) is 13.6. The second-order valence-corrected chi connectivity index (χ2v) is 6.93. The molecule has 0 radical (unpaired) electrons. The third-order valence-electron chi connectivity index (χ3n) is 4.88. The van der Waals surface area contributed by atoms with Crippen molar-refractivity contribution >= 4 is 10.9 Å². The first-order valence-electron chi connectivity index (χ1n) is 8.74. The van der Waals surface area contributed by atoms with Crippen molar-refractivity contribution in [2.75, 3.05) is 20.6 Å². The number of aromatic amines is 1. The number of hydrogen-bond donors (Lipinski definition) is 1. The molecule has 1 aliphatic carbocycles. The van der Waals surface area contributed by atoms with E-state index in [0.29, 0.717) is 0 Å². The maximum absolute atomic E-state index is 6.29. The van der Waals surface area contributed by atoms with Crippen molar-refractivity contribution in [3.05, 3.63) is 59.3 Å². The molecule has 0 fully saturated rings. The third kappa shape index (κ3) is 2.92. The van der Waals surface area contributed by atoms with E-state index in [-0.39, 0.29) is 0 Å². The smallest absolute Gasteiger partial charge is 0.137 e. The lowest BCUT2D eigenvalue weighted by Crippen LogP contribution is -2.14. The van der Waals surface area contributed by atoms with E-state index in [1.807, 2.05) is 0 Å². The van der Waals surface area contributed by atoms with Crippen LogP contribution in [0.2, 0.25) is 0 Å². The number of ether oxygens (including phenoxy) is 1. The molecule has 4 rings (SSSR count). The molecule has 24 heavy (non-hydrogen) atoms. The fourth-order valence-corrected chi connectivity index (χ4v) is 3.58. The molecule has 124 valence electrons. The highest BCUT2D eigenvalue weighted by Crippen LogP contribution is 2.34. The fraction of sp³-hybridized carbons (Fsp3) is 0.333. The van der Waals surface area contributed by atoms with Gasteiger partial charge in [0.1, 0.15) is 11.5 Å². The SMILES string of the molecule is CN(C)CCc1c[nH]c2cccc(Oc3ccc4c(c3)CCC4)c12. The van der Waals surface area contributed by atoms with Crippen LogP contribution in [0.15, 0.2) is 42.6 Å². The van der Waals surface area contributed by atoms with Gasteiger partial charge in [0.05, 0.1) is 0 Å². The Morgan fingerprint density at radius 3 is 2.83 bits per heavy atom.